The first kappa shape index (κ1) is 12.4. The molecule has 2 aromatic rings. The fourth-order valence-corrected chi connectivity index (χ4v) is 1.98. The zero-order valence-corrected chi connectivity index (χ0v) is 10.8. The van der Waals surface area contributed by atoms with Gasteiger partial charge >= 0.3 is 0 Å². The van der Waals surface area contributed by atoms with Gasteiger partial charge in [0.05, 0.1) is 17.0 Å². The largest absolute Gasteiger partial charge is 0.351 e. The SMILES string of the molecule is CC(=O)c1cc(C#N)c(-c2cc(Cl)ccc2C)[nH]1. The molecule has 0 aliphatic carbocycles. The van der Waals surface area contributed by atoms with Gasteiger partial charge in [-0.25, -0.2) is 0 Å². The highest BCUT2D eigenvalue weighted by Crippen LogP contribution is 2.29. The molecule has 2 rings (SSSR count). The number of aryl methyl sites for hydroxylation is 1. The van der Waals surface area contributed by atoms with Crippen molar-refractivity contribution in [3.8, 4) is 17.3 Å². The monoisotopic (exact) mass is 258 g/mol. The summed E-state index contributed by atoms with van der Waals surface area (Å²) in [6, 6.07) is 9.12. The molecule has 90 valence electrons. The summed E-state index contributed by atoms with van der Waals surface area (Å²) < 4.78 is 0. The van der Waals surface area contributed by atoms with Crippen LogP contribution in [-0.2, 0) is 0 Å². The highest BCUT2D eigenvalue weighted by atomic mass is 35.5. The normalized spacial score (nSPS) is 10.1. The van der Waals surface area contributed by atoms with Crippen molar-refractivity contribution in [3.63, 3.8) is 0 Å². The molecule has 0 spiro atoms. The Morgan fingerprint density at radius 2 is 2.11 bits per heavy atom. The highest BCUT2D eigenvalue weighted by Gasteiger charge is 2.14. The average molecular weight is 259 g/mol. The predicted octanol–water partition coefficient (Wildman–Crippen LogP) is 3.72. The molecule has 0 atom stereocenters. The number of nitrogens with one attached hydrogen (secondary N) is 1. The lowest BCUT2D eigenvalue weighted by Gasteiger charge is -2.05. The molecule has 0 unspecified atom stereocenters. The van der Waals surface area contributed by atoms with Crippen LogP contribution >= 0.6 is 11.6 Å². The number of rotatable bonds is 2. The molecule has 0 radical (unpaired) electrons. The predicted molar refractivity (Wildman–Crippen MR) is 70.7 cm³/mol. The minimum atomic E-state index is -0.0996. The number of nitriles is 1. The summed E-state index contributed by atoms with van der Waals surface area (Å²) in [4.78, 5) is 14.3. The van der Waals surface area contributed by atoms with Crippen molar-refractivity contribution < 1.29 is 4.79 Å². The minimum absolute atomic E-state index is 0.0996. The first-order valence-electron chi connectivity index (χ1n) is 5.43. The molecule has 1 N–H and O–H groups in total. The molecule has 0 saturated carbocycles. The van der Waals surface area contributed by atoms with E-state index in [2.05, 4.69) is 11.1 Å². The van der Waals surface area contributed by atoms with E-state index in [0.29, 0.717) is 22.0 Å². The maximum Gasteiger partial charge on any atom is 0.175 e. The van der Waals surface area contributed by atoms with Crippen molar-refractivity contribution in [2.75, 3.05) is 0 Å². The van der Waals surface area contributed by atoms with Crippen molar-refractivity contribution in [2.45, 2.75) is 13.8 Å². The standard InChI is InChI=1S/C14H11ClN2O/c1-8-3-4-11(15)6-12(8)14-10(7-16)5-13(17-14)9(2)18/h3-6,17H,1-2H3. The van der Waals surface area contributed by atoms with Crippen molar-refractivity contribution in [3.05, 3.63) is 46.1 Å². The highest BCUT2D eigenvalue weighted by molar-refractivity contribution is 6.30. The zero-order chi connectivity index (χ0) is 13.3. The number of aromatic nitrogens is 1. The molecule has 0 fully saturated rings. The minimum Gasteiger partial charge on any atom is -0.351 e. The fourth-order valence-electron chi connectivity index (χ4n) is 1.81. The molecule has 1 aromatic carbocycles. The van der Waals surface area contributed by atoms with Gasteiger partial charge in [-0.15, -0.1) is 0 Å². The van der Waals surface area contributed by atoms with E-state index in [0.717, 1.165) is 11.1 Å². The number of Topliss-reactive ketones (excluding diaryl/α,β-unsaturated/α-hetero) is 1. The second kappa shape index (κ2) is 4.67. The molecule has 0 bridgehead atoms. The number of H-pyrrole nitrogens is 1. The van der Waals surface area contributed by atoms with E-state index in [-0.39, 0.29) is 5.78 Å². The summed E-state index contributed by atoms with van der Waals surface area (Å²) in [5, 5.41) is 9.72. The summed E-state index contributed by atoms with van der Waals surface area (Å²) in [5.74, 6) is -0.0996. The van der Waals surface area contributed by atoms with Gasteiger partial charge in [-0.1, -0.05) is 17.7 Å². The molecule has 0 aliphatic rings. The van der Waals surface area contributed by atoms with Gasteiger partial charge in [-0.2, -0.15) is 5.26 Å². The van der Waals surface area contributed by atoms with E-state index < -0.39 is 0 Å². The third-order valence-corrected chi connectivity index (χ3v) is 3.02. The van der Waals surface area contributed by atoms with Crippen LogP contribution in [-0.4, -0.2) is 10.8 Å². The molecule has 18 heavy (non-hydrogen) atoms. The van der Waals surface area contributed by atoms with Crippen molar-refractivity contribution in [2.24, 2.45) is 0 Å². The van der Waals surface area contributed by atoms with Gasteiger partial charge in [0, 0.05) is 17.5 Å². The quantitative estimate of drug-likeness (QED) is 0.835. The van der Waals surface area contributed by atoms with E-state index in [4.69, 9.17) is 16.9 Å². The van der Waals surface area contributed by atoms with Crippen molar-refractivity contribution in [1.29, 1.82) is 5.26 Å². The van der Waals surface area contributed by atoms with E-state index in [1.54, 1.807) is 18.2 Å². The van der Waals surface area contributed by atoms with Crippen molar-refractivity contribution in [1.82, 2.24) is 4.98 Å². The number of carbonyl (C=O) groups is 1. The van der Waals surface area contributed by atoms with Gasteiger partial charge in [0.25, 0.3) is 0 Å². The Kier molecular flexibility index (Phi) is 3.22. The van der Waals surface area contributed by atoms with Crippen LogP contribution in [0.25, 0.3) is 11.3 Å². The van der Waals surface area contributed by atoms with Crippen LogP contribution in [0, 0.1) is 18.3 Å². The number of hydrogen-bond donors (Lipinski definition) is 1. The number of carbonyl (C=O) groups excluding carboxylic acids is 1. The summed E-state index contributed by atoms with van der Waals surface area (Å²) in [5.41, 5.74) is 3.36. The number of benzene rings is 1. The Morgan fingerprint density at radius 3 is 2.72 bits per heavy atom. The topological polar surface area (TPSA) is 56.6 Å². The Morgan fingerprint density at radius 1 is 1.39 bits per heavy atom. The molecule has 1 heterocycles. The smallest absolute Gasteiger partial charge is 0.175 e. The first-order valence-corrected chi connectivity index (χ1v) is 5.81. The molecule has 4 heteroatoms. The third-order valence-electron chi connectivity index (χ3n) is 2.79. The molecule has 0 amide bonds. The summed E-state index contributed by atoms with van der Waals surface area (Å²) >= 11 is 5.97. The zero-order valence-electron chi connectivity index (χ0n) is 10.0. The number of hydrogen-bond acceptors (Lipinski definition) is 2. The molecular formula is C14H11ClN2O. The Balaban J connectivity index is 2.67. The van der Waals surface area contributed by atoms with Gasteiger partial charge in [0.15, 0.2) is 5.78 Å². The maximum atomic E-state index is 11.3. The van der Waals surface area contributed by atoms with Crippen LogP contribution in [0.3, 0.4) is 0 Å². The van der Waals surface area contributed by atoms with E-state index in [9.17, 15) is 4.79 Å². The lowest BCUT2D eigenvalue weighted by Crippen LogP contribution is -1.92. The third kappa shape index (κ3) is 2.15. The van der Waals surface area contributed by atoms with Crippen LogP contribution in [0.2, 0.25) is 5.02 Å². The van der Waals surface area contributed by atoms with Gasteiger partial charge in [0.1, 0.15) is 6.07 Å². The summed E-state index contributed by atoms with van der Waals surface area (Å²) in [6.45, 7) is 3.39. The second-order valence-electron chi connectivity index (χ2n) is 4.10. The Bertz CT molecular complexity index is 665. The van der Waals surface area contributed by atoms with Gasteiger partial charge in [-0.3, -0.25) is 4.79 Å². The van der Waals surface area contributed by atoms with Gasteiger partial charge < -0.3 is 4.98 Å². The number of nitrogens with zero attached hydrogens (tertiary/aromatic N) is 1. The average Bonchev–Trinajstić information content (AvgIpc) is 2.76. The number of halogens is 1. The lowest BCUT2D eigenvalue weighted by atomic mass is 10.0. The Labute approximate surface area is 110 Å². The van der Waals surface area contributed by atoms with Gasteiger partial charge in [0.2, 0.25) is 0 Å². The summed E-state index contributed by atoms with van der Waals surface area (Å²) in [7, 11) is 0. The maximum absolute atomic E-state index is 11.3. The molecule has 1 aromatic heterocycles. The first-order chi connectivity index (χ1) is 8.52. The second-order valence-corrected chi connectivity index (χ2v) is 4.54. The van der Waals surface area contributed by atoms with E-state index in [1.807, 2.05) is 13.0 Å². The van der Waals surface area contributed by atoms with Crippen LogP contribution in [0.5, 0.6) is 0 Å². The van der Waals surface area contributed by atoms with Crippen LogP contribution in [0.4, 0.5) is 0 Å². The van der Waals surface area contributed by atoms with Crippen LogP contribution in [0.15, 0.2) is 24.3 Å². The molecule has 3 nitrogen and oxygen atoms in total. The van der Waals surface area contributed by atoms with Crippen LogP contribution < -0.4 is 0 Å². The fraction of sp³-hybridized carbons (Fsp3) is 0.143. The molecular weight excluding hydrogens is 248 g/mol. The van der Waals surface area contributed by atoms with Crippen LogP contribution in [0.1, 0.15) is 28.5 Å². The van der Waals surface area contributed by atoms with Gasteiger partial charge in [-0.05, 0) is 30.7 Å². The molecule has 0 aliphatic heterocycles. The summed E-state index contributed by atoms with van der Waals surface area (Å²) in [6.07, 6.45) is 0. The molecule has 0 saturated heterocycles. The number of aromatic amines is 1. The van der Waals surface area contributed by atoms with Crippen molar-refractivity contribution >= 4 is 17.4 Å². The van der Waals surface area contributed by atoms with E-state index >= 15 is 0 Å². The number of ketones is 1. The lowest BCUT2D eigenvalue weighted by molar-refractivity contribution is 0.101. The Hall–Kier alpha value is -2.05. The van der Waals surface area contributed by atoms with E-state index in [1.165, 1.54) is 6.92 Å².